The van der Waals surface area contributed by atoms with Gasteiger partial charge in [-0.3, -0.25) is 4.90 Å². The van der Waals surface area contributed by atoms with Crippen LogP contribution in [0.5, 0.6) is 0 Å². The second kappa shape index (κ2) is 6.19. The van der Waals surface area contributed by atoms with Gasteiger partial charge in [-0.1, -0.05) is 19.9 Å². The minimum absolute atomic E-state index is 0.0203. The molecule has 0 spiro atoms. The summed E-state index contributed by atoms with van der Waals surface area (Å²) in [4.78, 5) is 2.33. The molecule has 1 aliphatic rings. The van der Waals surface area contributed by atoms with Crippen molar-refractivity contribution in [1.29, 1.82) is 0 Å². The number of hydrogen-bond donors (Lipinski definition) is 1. The predicted octanol–water partition coefficient (Wildman–Crippen LogP) is 3.32. The number of hydrogen-bond acceptors (Lipinski definition) is 2. The highest BCUT2D eigenvalue weighted by atomic mass is 19.1. The van der Waals surface area contributed by atoms with Crippen LogP contribution in [0.2, 0.25) is 0 Å². The first-order valence-corrected chi connectivity index (χ1v) is 7.41. The average molecular weight is 282 g/mol. The summed E-state index contributed by atoms with van der Waals surface area (Å²) in [6.45, 7) is 8.86. The minimum atomic E-state index is -0.517. The third kappa shape index (κ3) is 3.18. The molecule has 20 heavy (non-hydrogen) atoms. The monoisotopic (exact) mass is 282 g/mol. The maximum atomic E-state index is 13.9. The van der Waals surface area contributed by atoms with Gasteiger partial charge >= 0.3 is 0 Å². The van der Waals surface area contributed by atoms with Gasteiger partial charge in [0.1, 0.15) is 11.6 Å². The Bertz CT molecular complexity index is 464. The van der Waals surface area contributed by atoms with Gasteiger partial charge in [0, 0.05) is 42.8 Å². The Morgan fingerprint density at radius 3 is 2.70 bits per heavy atom. The van der Waals surface area contributed by atoms with Gasteiger partial charge in [0.25, 0.3) is 0 Å². The van der Waals surface area contributed by atoms with E-state index in [1.807, 2.05) is 0 Å². The first kappa shape index (κ1) is 15.4. The molecule has 2 unspecified atom stereocenters. The molecule has 0 amide bonds. The van der Waals surface area contributed by atoms with Crippen LogP contribution in [0.25, 0.3) is 0 Å². The Morgan fingerprint density at radius 1 is 1.35 bits per heavy atom. The van der Waals surface area contributed by atoms with Crippen molar-refractivity contribution in [3.63, 3.8) is 0 Å². The van der Waals surface area contributed by atoms with Crippen molar-refractivity contribution in [2.45, 2.75) is 51.7 Å². The van der Waals surface area contributed by atoms with Gasteiger partial charge in [-0.05, 0) is 25.8 Å². The molecule has 112 valence electrons. The summed E-state index contributed by atoms with van der Waals surface area (Å²) in [5.41, 5.74) is 0.592. The van der Waals surface area contributed by atoms with E-state index in [4.69, 9.17) is 0 Å². The number of nitrogens with one attached hydrogen (secondary N) is 1. The first-order chi connectivity index (χ1) is 9.48. The third-order valence-electron chi connectivity index (χ3n) is 4.61. The van der Waals surface area contributed by atoms with Gasteiger partial charge < -0.3 is 5.32 Å². The summed E-state index contributed by atoms with van der Waals surface area (Å²) in [6.07, 6.45) is 2.06. The normalized spacial score (nSPS) is 27.8. The van der Waals surface area contributed by atoms with Gasteiger partial charge in [-0.2, -0.15) is 0 Å². The van der Waals surface area contributed by atoms with E-state index in [9.17, 15) is 8.78 Å². The molecule has 2 rings (SSSR count). The molecule has 4 heteroatoms. The van der Waals surface area contributed by atoms with Crippen LogP contribution in [-0.4, -0.2) is 29.6 Å². The fraction of sp³-hybridized carbons (Fsp3) is 0.625. The van der Waals surface area contributed by atoms with Crippen LogP contribution in [0.15, 0.2) is 18.2 Å². The lowest BCUT2D eigenvalue weighted by molar-refractivity contribution is 0.0399. The SMILES string of the molecule is CCC1CN(Cc2ccc(F)cc2F)C(C)(CC)CN1. The van der Waals surface area contributed by atoms with E-state index in [1.54, 1.807) is 6.07 Å². The largest absolute Gasteiger partial charge is 0.311 e. The van der Waals surface area contributed by atoms with E-state index in [1.165, 1.54) is 6.07 Å². The van der Waals surface area contributed by atoms with Crippen molar-refractivity contribution in [3.05, 3.63) is 35.4 Å². The fourth-order valence-corrected chi connectivity index (χ4v) is 2.76. The molecule has 0 aromatic heterocycles. The van der Waals surface area contributed by atoms with Crippen molar-refractivity contribution in [1.82, 2.24) is 10.2 Å². The molecule has 1 heterocycles. The van der Waals surface area contributed by atoms with Crippen LogP contribution in [0.3, 0.4) is 0 Å². The molecule has 2 nitrogen and oxygen atoms in total. The van der Waals surface area contributed by atoms with Gasteiger partial charge in [-0.25, -0.2) is 8.78 Å². The zero-order chi connectivity index (χ0) is 14.8. The maximum absolute atomic E-state index is 13.9. The highest BCUT2D eigenvalue weighted by molar-refractivity contribution is 5.19. The van der Waals surface area contributed by atoms with Crippen LogP contribution in [0.1, 0.15) is 39.2 Å². The van der Waals surface area contributed by atoms with Crippen LogP contribution in [0, 0.1) is 11.6 Å². The molecule has 1 aromatic rings. The van der Waals surface area contributed by atoms with Crippen LogP contribution in [-0.2, 0) is 6.54 Å². The molecule has 2 atom stereocenters. The molecular weight excluding hydrogens is 258 g/mol. The first-order valence-electron chi connectivity index (χ1n) is 7.41. The third-order valence-corrected chi connectivity index (χ3v) is 4.61. The zero-order valence-corrected chi connectivity index (χ0v) is 12.5. The smallest absolute Gasteiger partial charge is 0.130 e. The summed E-state index contributed by atoms with van der Waals surface area (Å²) in [7, 11) is 0. The molecule has 1 aliphatic heterocycles. The molecule has 1 fully saturated rings. The molecular formula is C16H24F2N2. The lowest BCUT2D eigenvalue weighted by Crippen LogP contribution is -2.62. The van der Waals surface area contributed by atoms with Gasteiger partial charge in [0.2, 0.25) is 0 Å². The molecule has 1 saturated heterocycles. The second-order valence-electron chi connectivity index (χ2n) is 5.95. The Labute approximate surface area is 120 Å². The van der Waals surface area contributed by atoms with Crippen LogP contribution < -0.4 is 5.32 Å². The number of rotatable bonds is 4. The number of nitrogens with zero attached hydrogens (tertiary/aromatic N) is 1. The lowest BCUT2D eigenvalue weighted by atomic mass is 9.91. The minimum Gasteiger partial charge on any atom is -0.311 e. The Balaban J connectivity index is 2.18. The highest BCUT2D eigenvalue weighted by Gasteiger charge is 2.35. The highest BCUT2D eigenvalue weighted by Crippen LogP contribution is 2.26. The van der Waals surface area contributed by atoms with Gasteiger partial charge in [0.15, 0.2) is 0 Å². The average Bonchev–Trinajstić information content (AvgIpc) is 2.44. The topological polar surface area (TPSA) is 15.3 Å². The summed E-state index contributed by atoms with van der Waals surface area (Å²) in [5, 5.41) is 3.55. The van der Waals surface area contributed by atoms with E-state index in [2.05, 4.69) is 31.0 Å². The fourth-order valence-electron chi connectivity index (χ4n) is 2.76. The molecule has 1 aromatic carbocycles. The van der Waals surface area contributed by atoms with E-state index < -0.39 is 11.6 Å². The van der Waals surface area contributed by atoms with Crippen LogP contribution in [0.4, 0.5) is 8.78 Å². The quantitative estimate of drug-likeness (QED) is 0.911. The number of halogens is 2. The van der Waals surface area contributed by atoms with Gasteiger partial charge in [-0.15, -0.1) is 0 Å². The Morgan fingerprint density at radius 2 is 2.10 bits per heavy atom. The van der Waals surface area contributed by atoms with E-state index in [-0.39, 0.29) is 5.54 Å². The summed E-state index contributed by atoms with van der Waals surface area (Å²) in [5.74, 6) is -0.966. The van der Waals surface area contributed by atoms with Crippen LogP contribution >= 0.6 is 0 Å². The number of benzene rings is 1. The Kier molecular flexibility index (Phi) is 4.76. The van der Waals surface area contributed by atoms with Crippen molar-refractivity contribution < 1.29 is 8.78 Å². The van der Waals surface area contributed by atoms with Crippen molar-refractivity contribution in [3.8, 4) is 0 Å². The zero-order valence-electron chi connectivity index (χ0n) is 12.5. The lowest BCUT2D eigenvalue weighted by Gasteiger charge is -2.48. The maximum Gasteiger partial charge on any atom is 0.130 e. The van der Waals surface area contributed by atoms with Crippen molar-refractivity contribution >= 4 is 0 Å². The molecule has 0 saturated carbocycles. The predicted molar refractivity (Wildman–Crippen MR) is 77.5 cm³/mol. The Hall–Kier alpha value is -1.00. The van der Waals surface area contributed by atoms with E-state index >= 15 is 0 Å². The van der Waals surface area contributed by atoms with E-state index in [0.717, 1.165) is 32.0 Å². The molecule has 0 aliphatic carbocycles. The van der Waals surface area contributed by atoms with Crippen molar-refractivity contribution in [2.24, 2.45) is 0 Å². The summed E-state index contributed by atoms with van der Waals surface area (Å²) in [6, 6.07) is 4.31. The van der Waals surface area contributed by atoms with Crippen molar-refractivity contribution in [2.75, 3.05) is 13.1 Å². The molecule has 1 N–H and O–H groups in total. The molecule has 0 bridgehead atoms. The standard InChI is InChI=1S/C16H24F2N2/c1-4-14-10-20(16(3,5-2)11-19-14)9-12-6-7-13(17)8-15(12)18/h6-8,14,19H,4-5,9-11H2,1-3H3. The second-order valence-corrected chi connectivity index (χ2v) is 5.95. The summed E-state index contributed by atoms with van der Waals surface area (Å²) < 4.78 is 26.9. The van der Waals surface area contributed by atoms with Gasteiger partial charge in [0.05, 0.1) is 0 Å². The molecule has 0 radical (unpaired) electrons. The van der Waals surface area contributed by atoms with E-state index in [0.29, 0.717) is 18.2 Å². The number of piperazine rings is 1. The summed E-state index contributed by atoms with van der Waals surface area (Å²) >= 11 is 0.